The van der Waals surface area contributed by atoms with E-state index in [4.69, 9.17) is 29.2 Å². The number of nitrogens with one attached hydrogen (secondary N) is 1. The standard InChI is InChI=1S/C26H38N4O7S/c1-5-6-20(21-11-19(12-22(31)36-21)33-13-17-7-8-17)28-24(32)26(27)15-38-23(29-26)16(2)30-35-10-9-18-14-34-25(3,4)37-18/h11-12,17-18,20H,5-10,13-15,27H2,1-4H3,(H,28,32)/b30-16+/t18?,20-,26+/m1/s1. The van der Waals surface area contributed by atoms with Crippen LogP contribution in [0.4, 0.5) is 0 Å². The second-order valence-electron chi connectivity index (χ2n) is 10.5. The van der Waals surface area contributed by atoms with E-state index in [-0.39, 0.29) is 11.9 Å². The molecule has 1 aliphatic carbocycles. The van der Waals surface area contributed by atoms with Gasteiger partial charge in [-0.05, 0) is 46.0 Å². The molecule has 11 nitrogen and oxygen atoms in total. The van der Waals surface area contributed by atoms with Gasteiger partial charge >= 0.3 is 5.63 Å². The van der Waals surface area contributed by atoms with E-state index < -0.39 is 29.0 Å². The van der Waals surface area contributed by atoms with Crippen molar-refractivity contribution in [1.29, 1.82) is 0 Å². The topological polar surface area (TPSA) is 147 Å². The third kappa shape index (κ3) is 7.81. The molecule has 1 unspecified atom stereocenters. The van der Waals surface area contributed by atoms with Gasteiger partial charge in [-0.25, -0.2) is 9.79 Å². The third-order valence-electron chi connectivity index (χ3n) is 6.40. The zero-order valence-electron chi connectivity index (χ0n) is 22.5. The minimum Gasteiger partial charge on any atom is -0.493 e. The van der Waals surface area contributed by atoms with Gasteiger partial charge in [0, 0.05) is 18.2 Å². The monoisotopic (exact) mass is 550 g/mol. The lowest BCUT2D eigenvalue weighted by molar-refractivity contribution is -0.140. The molecule has 3 atom stereocenters. The molecule has 1 aromatic heterocycles. The number of hydrogen-bond donors (Lipinski definition) is 2. The molecule has 0 spiro atoms. The van der Waals surface area contributed by atoms with Gasteiger partial charge in [-0.15, -0.1) is 11.8 Å². The molecule has 12 heteroatoms. The quantitative estimate of drug-likeness (QED) is 0.215. The van der Waals surface area contributed by atoms with Crippen LogP contribution in [0.2, 0.25) is 0 Å². The number of amides is 1. The molecule has 3 aliphatic rings. The van der Waals surface area contributed by atoms with Gasteiger partial charge in [-0.2, -0.15) is 0 Å². The molecule has 4 rings (SSSR count). The van der Waals surface area contributed by atoms with E-state index in [9.17, 15) is 9.59 Å². The number of nitrogens with two attached hydrogens (primary N) is 1. The first-order chi connectivity index (χ1) is 18.1. The number of carbonyl (C=O) groups is 1. The van der Waals surface area contributed by atoms with Crippen LogP contribution in [0.1, 0.15) is 71.6 Å². The number of oxime groups is 1. The van der Waals surface area contributed by atoms with Gasteiger partial charge in [0.2, 0.25) is 0 Å². The summed E-state index contributed by atoms with van der Waals surface area (Å²) >= 11 is 1.34. The van der Waals surface area contributed by atoms with Crippen molar-refractivity contribution in [1.82, 2.24) is 5.32 Å². The number of rotatable bonds is 13. The Bertz CT molecular complexity index is 1120. The zero-order chi connectivity index (χ0) is 27.3. The summed E-state index contributed by atoms with van der Waals surface area (Å²) in [5.41, 5.74) is 4.93. The van der Waals surface area contributed by atoms with Crippen molar-refractivity contribution < 1.29 is 28.3 Å². The Labute approximate surface area is 226 Å². The summed E-state index contributed by atoms with van der Waals surface area (Å²) in [7, 11) is 0. The molecule has 1 aromatic rings. The third-order valence-corrected chi connectivity index (χ3v) is 7.65. The molecule has 3 heterocycles. The van der Waals surface area contributed by atoms with Gasteiger partial charge in [0.05, 0.1) is 31.4 Å². The van der Waals surface area contributed by atoms with E-state index in [1.165, 1.54) is 17.8 Å². The highest BCUT2D eigenvalue weighted by Crippen LogP contribution is 2.31. The predicted octanol–water partition coefficient (Wildman–Crippen LogP) is 3.12. The van der Waals surface area contributed by atoms with E-state index in [2.05, 4.69) is 15.5 Å². The Kier molecular flexibility index (Phi) is 9.17. The molecule has 1 saturated heterocycles. The summed E-state index contributed by atoms with van der Waals surface area (Å²) in [6.07, 6.45) is 4.20. The minimum absolute atomic E-state index is 0.0370. The highest BCUT2D eigenvalue weighted by atomic mass is 32.2. The van der Waals surface area contributed by atoms with Crippen molar-refractivity contribution in [2.45, 2.75) is 83.4 Å². The SMILES string of the molecule is CCC[C@@H](NC(=O)[C@]1(N)CSC(/C(C)=N/OCCC2COC(C)(C)O2)=N1)c1cc(OCC2CC2)cc(=O)o1. The summed E-state index contributed by atoms with van der Waals surface area (Å²) in [5, 5.41) is 7.61. The van der Waals surface area contributed by atoms with Gasteiger partial charge in [0.25, 0.3) is 5.91 Å². The summed E-state index contributed by atoms with van der Waals surface area (Å²) in [6, 6.07) is 2.45. The Morgan fingerprint density at radius 2 is 2.16 bits per heavy atom. The molecule has 1 amide bonds. The van der Waals surface area contributed by atoms with E-state index in [1.807, 2.05) is 20.8 Å². The maximum atomic E-state index is 13.2. The summed E-state index contributed by atoms with van der Waals surface area (Å²) < 4.78 is 22.5. The van der Waals surface area contributed by atoms with Gasteiger partial charge < -0.3 is 28.8 Å². The van der Waals surface area contributed by atoms with Crippen LogP contribution in [-0.2, 0) is 19.1 Å². The van der Waals surface area contributed by atoms with Gasteiger partial charge in [0.1, 0.15) is 28.9 Å². The zero-order valence-corrected chi connectivity index (χ0v) is 23.3. The largest absolute Gasteiger partial charge is 0.493 e. The minimum atomic E-state index is -1.48. The molecule has 0 bridgehead atoms. The first-order valence-electron chi connectivity index (χ1n) is 13.2. The lowest BCUT2D eigenvalue weighted by Gasteiger charge is -2.24. The number of thioether (sulfide) groups is 1. The summed E-state index contributed by atoms with van der Waals surface area (Å²) in [4.78, 5) is 35.3. The number of nitrogens with zero attached hydrogens (tertiary/aromatic N) is 2. The maximum Gasteiger partial charge on any atom is 0.339 e. The molecule has 210 valence electrons. The smallest absolute Gasteiger partial charge is 0.339 e. The second kappa shape index (κ2) is 12.2. The predicted molar refractivity (Wildman–Crippen MR) is 144 cm³/mol. The van der Waals surface area contributed by atoms with Gasteiger partial charge in [-0.1, -0.05) is 18.5 Å². The van der Waals surface area contributed by atoms with Gasteiger partial charge in [0.15, 0.2) is 11.4 Å². The van der Waals surface area contributed by atoms with E-state index in [0.29, 0.717) is 60.8 Å². The molecular formula is C26H38N4O7S. The van der Waals surface area contributed by atoms with E-state index >= 15 is 0 Å². The fraction of sp³-hybridized carbons (Fsp3) is 0.692. The number of aliphatic imine (C=N–C) groups is 1. The molecular weight excluding hydrogens is 512 g/mol. The fourth-order valence-corrected chi connectivity index (χ4v) is 5.11. The molecule has 2 aliphatic heterocycles. The van der Waals surface area contributed by atoms with Crippen LogP contribution in [0.3, 0.4) is 0 Å². The van der Waals surface area contributed by atoms with E-state index in [0.717, 1.165) is 19.3 Å². The van der Waals surface area contributed by atoms with Crippen LogP contribution < -0.4 is 21.4 Å². The van der Waals surface area contributed by atoms with Crippen molar-refractivity contribution in [3.05, 3.63) is 28.3 Å². The molecule has 2 fully saturated rings. The van der Waals surface area contributed by atoms with Crippen molar-refractivity contribution in [3.63, 3.8) is 0 Å². The summed E-state index contributed by atoms with van der Waals surface area (Å²) in [6.45, 7) is 8.95. The molecule has 0 radical (unpaired) electrons. The normalized spacial score (nSPS) is 25.7. The van der Waals surface area contributed by atoms with Crippen LogP contribution >= 0.6 is 11.8 Å². The van der Waals surface area contributed by atoms with Crippen LogP contribution in [0.15, 0.2) is 31.5 Å². The molecule has 1 saturated carbocycles. The highest BCUT2D eigenvalue weighted by molar-refractivity contribution is 8.16. The molecule has 0 aromatic carbocycles. The summed E-state index contributed by atoms with van der Waals surface area (Å²) in [5.74, 6) is 0.541. The number of carbonyl (C=O) groups excluding carboxylic acids is 1. The van der Waals surface area contributed by atoms with Crippen LogP contribution in [-0.4, -0.2) is 59.8 Å². The van der Waals surface area contributed by atoms with Gasteiger partial charge in [-0.3, -0.25) is 10.5 Å². The van der Waals surface area contributed by atoms with Crippen LogP contribution in [0, 0.1) is 5.92 Å². The lowest BCUT2D eigenvalue weighted by atomic mass is 10.1. The number of ether oxygens (including phenoxy) is 3. The maximum absolute atomic E-state index is 13.2. The van der Waals surface area contributed by atoms with E-state index in [1.54, 1.807) is 13.0 Å². The number of hydrogen-bond acceptors (Lipinski definition) is 11. The Hall–Kier alpha value is -2.41. The Balaban J connectivity index is 1.35. The second-order valence-corrected chi connectivity index (χ2v) is 11.4. The first-order valence-corrected chi connectivity index (χ1v) is 14.1. The fourth-order valence-electron chi connectivity index (χ4n) is 4.08. The molecule has 3 N–H and O–H groups in total. The first kappa shape index (κ1) is 28.6. The Morgan fingerprint density at radius 3 is 2.84 bits per heavy atom. The van der Waals surface area contributed by atoms with Crippen LogP contribution in [0.5, 0.6) is 5.75 Å². The van der Waals surface area contributed by atoms with Crippen molar-refractivity contribution in [3.8, 4) is 5.75 Å². The van der Waals surface area contributed by atoms with Crippen LogP contribution in [0.25, 0.3) is 0 Å². The van der Waals surface area contributed by atoms with Crippen molar-refractivity contribution in [2.24, 2.45) is 21.8 Å². The average Bonchev–Trinajstić information content (AvgIpc) is 3.51. The molecule has 38 heavy (non-hydrogen) atoms. The highest BCUT2D eigenvalue weighted by Gasteiger charge is 2.41. The van der Waals surface area contributed by atoms with Crippen molar-refractivity contribution in [2.75, 3.05) is 25.6 Å². The average molecular weight is 551 g/mol. The Morgan fingerprint density at radius 1 is 1.37 bits per heavy atom. The van der Waals surface area contributed by atoms with Crippen molar-refractivity contribution >= 4 is 28.4 Å². The lowest BCUT2D eigenvalue weighted by Crippen LogP contribution is -2.54.